The Kier molecular flexibility index (Phi) is 13.9. The van der Waals surface area contributed by atoms with Gasteiger partial charge in [-0.15, -0.1) is 0 Å². The topological polar surface area (TPSA) is 111 Å². The van der Waals surface area contributed by atoms with Crippen molar-refractivity contribution in [2.75, 3.05) is 11.9 Å². The number of nitrogens with one attached hydrogen (secondary N) is 2. The Morgan fingerprint density at radius 3 is 1.90 bits per heavy atom. The van der Waals surface area contributed by atoms with Crippen molar-refractivity contribution in [3.05, 3.63) is 125 Å². The van der Waals surface area contributed by atoms with E-state index in [0.29, 0.717) is 34.9 Å². The first-order valence-electron chi connectivity index (χ1n) is 16.8. The summed E-state index contributed by atoms with van der Waals surface area (Å²) in [5.74, 6) is -0.691. The number of Topliss-reactive ketones (excluding diaryl/α,β-unsaturated/α-hetero) is 1. The fraction of sp³-hybridized carbons (Fsp3) is 0.300. The maximum atomic E-state index is 13.0. The van der Waals surface area contributed by atoms with E-state index in [-0.39, 0.29) is 24.2 Å². The van der Waals surface area contributed by atoms with E-state index in [2.05, 4.69) is 17.6 Å². The quantitative estimate of drug-likeness (QED) is 0.0650. The first kappa shape index (κ1) is 38.4. The smallest absolute Gasteiger partial charge is 0.416 e. The molecule has 0 saturated heterocycles. The number of alkyl halides is 3. The van der Waals surface area contributed by atoms with Crippen molar-refractivity contribution in [3.63, 3.8) is 0 Å². The van der Waals surface area contributed by atoms with Crippen LogP contribution in [0.5, 0.6) is 11.5 Å². The first-order valence-corrected chi connectivity index (χ1v) is 16.8. The van der Waals surface area contributed by atoms with Gasteiger partial charge in [0.2, 0.25) is 5.91 Å². The average Bonchev–Trinajstić information content (AvgIpc) is 3.10. The summed E-state index contributed by atoms with van der Waals surface area (Å²) in [5.41, 5.74) is 1.38. The molecule has 268 valence electrons. The van der Waals surface area contributed by atoms with E-state index in [1.165, 1.54) is 62.6 Å². The van der Waals surface area contributed by atoms with Crippen LogP contribution in [0.2, 0.25) is 0 Å². The first-order chi connectivity index (χ1) is 24.4. The molecule has 8 nitrogen and oxygen atoms in total. The number of rotatable bonds is 17. The van der Waals surface area contributed by atoms with Gasteiger partial charge in [-0.3, -0.25) is 14.4 Å². The lowest BCUT2D eigenvalue weighted by Gasteiger charge is -2.17. The SMILES string of the molecule is CCCCCCCOc1ccc(C(=O)Oc2ccc(C[C@H](NC(=O)c3ccc(NC(=O)Cc4ccc(C(F)(F)F)cc4)cc3)C(C)=O)cc2)cc1. The highest BCUT2D eigenvalue weighted by atomic mass is 19.4. The normalized spacial score (nSPS) is 11.7. The maximum absolute atomic E-state index is 13.0. The zero-order valence-corrected chi connectivity index (χ0v) is 28.6. The molecule has 0 heterocycles. The summed E-state index contributed by atoms with van der Waals surface area (Å²) in [7, 11) is 0. The number of halogens is 3. The number of carbonyl (C=O) groups excluding carboxylic acids is 4. The van der Waals surface area contributed by atoms with Crippen LogP contribution >= 0.6 is 0 Å². The summed E-state index contributed by atoms with van der Waals surface area (Å²) in [6.07, 6.45) is 1.34. The minimum absolute atomic E-state index is 0.132. The molecule has 51 heavy (non-hydrogen) atoms. The Bertz CT molecular complexity index is 1750. The van der Waals surface area contributed by atoms with Gasteiger partial charge in [0.15, 0.2) is 5.78 Å². The van der Waals surface area contributed by atoms with Crippen LogP contribution in [0, 0.1) is 0 Å². The molecule has 0 bridgehead atoms. The molecule has 4 rings (SSSR count). The lowest BCUT2D eigenvalue weighted by Crippen LogP contribution is -2.41. The second kappa shape index (κ2) is 18.5. The Morgan fingerprint density at radius 2 is 1.29 bits per heavy atom. The summed E-state index contributed by atoms with van der Waals surface area (Å²) < 4.78 is 49.6. The molecule has 0 fully saturated rings. The number of carbonyl (C=O) groups is 4. The van der Waals surface area contributed by atoms with Gasteiger partial charge in [0, 0.05) is 11.3 Å². The second-order valence-electron chi connectivity index (χ2n) is 12.2. The Labute approximate surface area is 295 Å². The number of unbranched alkanes of at least 4 members (excludes halogenated alkanes) is 4. The molecule has 0 saturated carbocycles. The fourth-order valence-electron chi connectivity index (χ4n) is 5.12. The monoisotopic (exact) mass is 702 g/mol. The van der Waals surface area contributed by atoms with Crippen LogP contribution in [0.25, 0.3) is 0 Å². The fourth-order valence-corrected chi connectivity index (χ4v) is 5.12. The third kappa shape index (κ3) is 12.4. The molecule has 0 aliphatic carbocycles. The maximum Gasteiger partial charge on any atom is 0.416 e. The molecule has 0 aliphatic rings. The highest BCUT2D eigenvalue weighted by Gasteiger charge is 2.30. The van der Waals surface area contributed by atoms with Gasteiger partial charge in [-0.25, -0.2) is 4.79 Å². The van der Waals surface area contributed by atoms with Crippen LogP contribution in [0.4, 0.5) is 18.9 Å². The Morgan fingerprint density at radius 1 is 0.706 bits per heavy atom. The largest absolute Gasteiger partial charge is 0.494 e. The van der Waals surface area contributed by atoms with E-state index in [1.54, 1.807) is 48.5 Å². The van der Waals surface area contributed by atoms with Crippen molar-refractivity contribution in [2.24, 2.45) is 0 Å². The molecular weight excluding hydrogens is 661 g/mol. The predicted octanol–water partition coefficient (Wildman–Crippen LogP) is 8.39. The van der Waals surface area contributed by atoms with Crippen molar-refractivity contribution in [1.82, 2.24) is 5.32 Å². The number of anilines is 1. The molecule has 11 heteroatoms. The van der Waals surface area contributed by atoms with Crippen molar-refractivity contribution in [3.8, 4) is 11.5 Å². The lowest BCUT2D eigenvalue weighted by molar-refractivity contribution is -0.137. The van der Waals surface area contributed by atoms with Gasteiger partial charge in [0.05, 0.1) is 30.2 Å². The molecule has 2 amide bonds. The predicted molar refractivity (Wildman–Crippen MR) is 188 cm³/mol. The van der Waals surface area contributed by atoms with Crippen LogP contribution in [0.3, 0.4) is 0 Å². The van der Waals surface area contributed by atoms with Crippen LogP contribution in [-0.2, 0) is 28.6 Å². The molecule has 0 unspecified atom stereocenters. The molecule has 1 atom stereocenters. The van der Waals surface area contributed by atoms with Gasteiger partial charge in [-0.2, -0.15) is 13.2 Å². The highest BCUT2D eigenvalue weighted by Crippen LogP contribution is 2.29. The van der Waals surface area contributed by atoms with E-state index in [0.717, 1.165) is 30.5 Å². The molecule has 0 aliphatic heterocycles. The van der Waals surface area contributed by atoms with E-state index in [1.807, 2.05) is 0 Å². The molecule has 0 radical (unpaired) electrons. The summed E-state index contributed by atoms with van der Waals surface area (Å²) in [6, 6.07) is 23.0. The van der Waals surface area contributed by atoms with Gasteiger partial charge in [0.25, 0.3) is 5.91 Å². The average molecular weight is 703 g/mol. The number of ether oxygens (including phenoxy) is 2. The van der Waals surface area contributed by atoms with Gasteiger partial charge in [-0.1, -0.05) is 56.9 Å². The lowest BCUT2D eigenvalue weighted by atomic mass is 10.0. The zero-order valence-electron chi connectivity index (χ0n) is 28.6. The molecule has 4 aromatic carbocycles. The van der Waals surface area contributed by atoms with Gasteiger partial charge in [-0.05, 0) is 104 Å². The molecule has 0 aromatic heterocycles. The van der Waals surface area contributed by atoms with Crippen LogP contribution in [0.1, 0.15) is 83.4 Å². The molecular formula is C40H41F3N2O6. The number of amides is 2. The van der Waals surface area contributed by atoms with Crippen molar-refractivity contribution >= 4 is 29.3 Å². The van der Waals surface area contributed by atoms with Crippen molar-refractivity contribution < 1.29 is 41.8 Å². The van der Waals surface area contributed by atoms with E-state index >= 15 is 0 Å². The van der Waals surface area contributed by atoms with E-state index < -0.39 is 35.6 Å². The third-order valence-corrected chi connectivity index (χ3v) is 8.05. The third-order valence-electron chi connectivity index (χ3n) is 8.05. The van der Waals surface area contributed by atoms with Crippen LogP contribution in [0.15, 0.2) is 97.1 Å². The Balaban J connectivity index is 1.24. The van der Waals surface area contributed by atoms with Crippen LogP contribution in [-0.4, -0.2) is 36.2 Å². The van der Waals surface area contributed by atoms with Gasteiger partial charge in [0.1, 0.15) is 11.5 Å². The minimum atomic E-state index is -4.46. The molecule has 0 spiro atoms. The molecule has 4 aromatic rings. The number of benzene rings is 4. The number of hydrogen-bond donors (Lipinski definition) is 2. The van der Waals surface area contributed by atoms with Crippen molar-refractivity contribution in [1.29, 1.82) is 0 Å². The molecule has 2 N–H and O–H groups in total. The second-order valence-corrected chi connectivity index (χ2v) is 12.2. The number of esters is 1. The summed E-state index contributed by atoms with van der Waals surface area (Å²) in [5, 5.41) is 5.38. The van der Waals surface area contributed by atoms with E-state index in [9.17, 15) is 32.3 Å². The number of ketones is 1. The van der Waals surface area contributed by atoms with Crippen molar-refractivity contribution in [2.45, 2.75) is 71.0 Å². The van der Waals surface area contributed by atoms with E-state index in [4.69, 9.17) is 9.47 Å². The van der Waals surface area contributed by atoms with Crippen LogP contribution < -0.4 is 20.1 Å². The number of hydrogen-bond acceptors (Lipinski definition) is 6. The minimum Gasteiger partial charge on any atom is -0.494 e. The summed E-state index contributed by atoms with van der Waals surface area (Å²) >= 11 is 0. The van der Waals surface area contributed by atoms with Gasteiger partial charge >= 0.3 is 12.1 Å². The Hall–Kier alpha value is -5.45. The summed E-state index contributed by atoms with van der Waals surface area (Å²) in [4.78, 5) is 50.5. The standard InChI is InChI=1S/C40H41F3N2O6/c1-3-4-5-6-7-24-50-34-22-14-31(15-23-34)39(49)51-35-20-10-28(11-21-35)25-36(27(2)46)45-38(48)30-12-18-33(19-13-30)44-37(47)26-29-8-16-32(17-9-29)40(41,42)43/h8-23,36H,3-7,24-26H2,1-2H3,(H,44,47)(H,45,48)/t36-/m0/s1. The zero-order chi connectivity index (χ0) is 36.8. The summed E-state index contributed by atoms with van der Waals surface area (Å²) in [6.45, 7) is 4.18. The highest BCUT2D eigenvalue weighted by molar-refractivity contribution is 5.98. The van der Waals surface area contributed by atoms with Gasteiger partial charge < -0.3 is 20.1 Å².